The molecule has 0 aliphatic heterocycles. The Morgan fingerprint density at radius 3 is 2.33 bits per heavy atom. The van der Waals surface area contributed by atoms with Gasteiger partial charge in [0.25, 0.3) is 5.91 Å². The third kappa shape index (κ3) is 7.65. The Hall–Kier alpha value is -1.35. The fraction of sp³-hybridized carbons (Fsp3) is 0.600. The highest BCUT2D eigenvalue weighted by Gasteiger charge is 2.28. The summed E-state index contributed by atoms with van der Waals surface area (Å²) < 4.78 is 0. The van der Waals surface area contributed by atoms with Crippen LogP contribution < -0.4 is 10.6 Å². The van der Waals surface area contributed by atoms with Crippen LogP contribution in [0.15, 0.2) is 29.3 Å². The summed E-state index contributed by atoms with van der Waals surface area (Å²) in [5.74, 6) is 0.848. The quantitative estimate of drug-likeness (QED) is 0.336. The lowest BCUT2D eigenvalue weighted by molar-refractivity contribution is 0.0827. The minimum absolute atomic E-state index is 0. The van der Waals surface area contributed by atoms with Crippen LogP contribution in [0.1, 0.15) is 42.6 Å². The molecule has 1 amide bonds. The van der Waals surface area contributed by atoms with E-state index in [2.05, 4.69) is 41.4 Å². The number of amides is 1. The maximum Gasteiger partial charge on any atom is 0.253 e. The molecule has 0 spiro atoms. The Morgan fingerprint density at radius 1 is 1.19 bits per heavy atom. The highest BCUT2D eigenvalue weighted by Crippen LogP contribution is 2.26. The summed E-state index contributed by atoms with van der Waals surface area (Å²) in [4.78, 5) is 20.6. The number of likely N-dealkylation sites (N-methyl/N-ethyl adjacent to an activating group) is 1. The number of carbonyl (C=O) groups is 1. The van der Waals surface area contributed by atoms with E-state index in [4.69, 9.17) is 0 Å². The Labute approximate surface area is 180 Å². The molecule has 27 heavy (non-hydrogen) atoms. The molecule has 1 fully saturated rings. The monoisotopic (exact) mass is 487 g/mol. The van der Waals surface area contributed by atoms with Gasteiger partial charge in [-0.3, -0.25) is 9.69 Å². The Balaban J connectivity index is 0.00000364. The van der Waals surface area contributed by atoms with Gasteiger partial charge in [0.1, 0.15) is 0 Å². The van der Waals surface area contributed by atoms with E-state index in [1.165, 1.54) is 12.8 Å². The summed E-state index contributed by atoms with van der Waals surface area (Å²) in [6.07, 6.45) is 2.64. The summed E-state index contributed by atoms with van der Waals surface area (Å²) in [5, 5.41) is 6.73. The molecule has 1 saturated carbocycles. The summed E-state index contributed by atoms with van der Waals surface area (Å²) in [5.41, 5.74) is 1.78. The lowest BCUT2D eigenvalue weighted by atomic mass is 10.1. The number of halogens is 1. The number of rotatable bonds is 8. The number of hydrogen-bond donors (Lipinski definition) is 2. The van der Waals surface area contributed by atoms with Crippen LogP contribution in [0, 0.1) is 0 Å². The molecule has 152 valence electrons. The zero-order valence-corrected chi connectivity index (χ0v) is 19.5. The van der Waals surface area contributed by atoms with E-state index in [1.54, 1.807) is 19.0 Å². The summed E-state index contributed by atoms with van der Waals surface area (Å²) in [7, 11) is 5.72. The molecule has 0 radical (unpaired) electrons. The van der Waals surface area contributed by atoms with E-state index < -0.39 is 0 Å². The molecule has 1 atom stereocenters. The van der Waals surface area contributed by atoms with Crippen molar-refractivity contribution in [3.05, 3.63) is 35.4 Å². The second kappa shape index (κ2) is 11.5. The first kappa shape index (κ1) is 23.7. The van der Waals surface area contributed by atoms with Crippen LogP contribution in [-0.2, 0) is 6.54 Å². The third-order valence-electron chi connectivity index (χ3n) is 4.75. The first-order valence-electron chi connectivity index (χ1n) is 9.47. The number of aliphatic imine (C=N–C) groups is 1. The second-order valence-corrected chi connectivity index (χ2v) is 7.22. The molecule has 2 N–H and O–H groups in total. The van der Waals surface area contributed by atoms with E-state index in [0.717, 1.165) is 30.7 Å². The van der Waals surface area contributed by atoms with Gasteiger partial charge in [0.15, 0.2) is 5.96 Å². The van der Waals surface area contributed by atoms with E-state index >= 15 is 0 Å². The van der Waals surface area contributed by atoms with Crippen molar-refractivity contribution in [2.24, 2.45) is 4.99 Å². The molecule has 6 nitrogen and oxygen atoms in total. The average molecular weight is 487 g/mol. The normalized spacial score (nSPS) is 15.1. The highest BCUT2D eigenvalue weighted by molar-refractivity contribution is 14.0. The molecule has 0 heterocycles. The van der Waals surface area contributed by atoms with Crippen molar-refractivity contribution in [1.29, 1.82) is 0 Å². The summed E-state index contributed by atoms with van der Waals surface area (Å²) in [6, 6.07) is 8.89. The van der Waals surface area contributed by atoms with Gasteiger partial charge >= 0.3 is 0 Å². The van der Waals surface area contributed by atoms with Gasteiger partial charge in [0, 0.05) is 44.8 Å². The molecule has 1 aliphatic carbocycles. The smallest absolute Gasteiger partial charge is 0.253 e. The van der Waals surface area contributed by atoms with Crippen LogP contribution >= 0.6 is 24.0 Å². The van der Waals surface area contributed by atoms with Gasteiger partial charge in [0.2, 0.25) is 0 Å². The largest absolute Gasteiger partial charge is 0.357 e. The van der Waals surface area contributed by atoms with Crippen molar-refractivity contribution in [2.75, 3.05) is 34.2 Å². The summed E-state index contributed by atoms with van der Waals surface area (Å²) >= 11 is 0. The summed E-state index contributed by atoms with van der Waals surface area (Å²) in [6.45, 7) is 6.59. The molecule has 0 aromatic heterocycles. The van der Waals surface area contributed by atoms with Crippen molar-refractivity contribution in [3.63, 3.8) is 0 Å². The number of nitrogens with one attached hydrogen (secondary N) is 2. The van der Waals surface area contributed by atoms with Crippen LogP contribution in [0.4, 0.5) is 0 Å². The molecular formula is C20H34IN5O. The maximum absolute atomic E-state index is 11.9. The Bertz CT molecular complexity index is 613. The number of nitrogens with zero attached hydrogens (tertiary/aromatic N) is 3. The van der Waals surface area contributed by atoms with Crippen molar-refractivity contribution >= 4 is 35.8 Å². The van der Waals surface area contributed by atoms with Crippen LogP contribution in [-0.4, -0.2) is 68.0 Å². The first-order valence-corrected chi connectivity index (χ1v) is 9.47. The van der Waals surface area contributed by atoms with E-state index in [-0.39, 0.29) is 29.9 Å². The second-order valence-electron chi connectivity index (χ2n) is 7.22. The molecule has 1 aliphatic rings. The lowest BCUT2D eigenvalue weighted by Gasteiger charge is -2.25. The molecule has 1 unspecified atom stereocenters. The number of benzene rings is 1. The van der Waals surface area contributed by atoms with Crippen LogP contribution in [0.5, 0.6) is 0 Å². The molecular weight excluding hydrogens is 453 g/mol. The van der Waals surface area contributed by atoms with Gasteiger partial charge in [-0.05, 0) is 51.4 Å². The number of hydrogen-bond acceptors (Lipinski definition) is 3. The minimum Gasteiger partial charge on any atom is -0.357 e. The standard InChI is InChI=1S/C20H33N5O.HI/c1-6-21-20(22-13-15(2)25(5)18-11-12-18)23-14-16-7-9-17(10-8-16)19(26)24(3)4;/h7-10,15,18H,6,11-14H2,1-5H3,(H2,21,22,23);1H. The maximum atomic E-state index is 11.9. The SMILES string of the molecule is CCNC(=NCc1ccc(C(=O)N(C)C)cc1)NCC(C)N(C)C1CC1.I. The van der Waals surface area contributed by atoms with Gasteiger partial charge in [-0.15, -0.1) is 24.0 Å². The van der Waals surface area contributed by atoms with Crippen LogP contribution in [0.3, 0.4) is 0 Å². The average Bonchev–Trinajstić information content (AvgIpc) is 3.48. The Morgan fingerprint density at radius 2 is 1.81 bits per heavy atom. The molecule has 1 aromatic rings. The van der Waals surface area contributed by atoms with E-state index in [0.29, 0.717) is 18.2 Å². The highest BCUT2D eigenvalue weighted by atomic mass is 127. The zero-order chi connectivity index (χ0) is 19.1. The van der Waals surface area contributed by atoms with Gasteiger partial charge in [-0.1, -0.05) is 12.1 Å². The van der Waals surface area contributed by atoms with Crippen molar-refractivity contribution in [3.8, 4) is 0 Å². The topological polar surface area (TPSA) is 60.0 Å². The van der Waals surface area contributed by atoms with Gasteiger partial charge in [-0.2, -0.15) is 0 Å². The third-order valence-corrected chi connectivity index (χ3v) is 4.75. The number of carbonyl (C=O) groups excluding carboxylic acids is 1. The van der Waals surface area contributed by atoms with Gasteiger partial charge in [0.05, 0.1) is 6.54 Å². The van der Waals surface area contributed by atoms with E-state index in [1.807, 2.05) is 24.3 Å². The zero-order valence-electron chi connectivity index (χ0n) is 17.2. The van der Waals surface area contributed by atoms with Crippen LogP contribution in [0.2, 0.25) is 0 Å². The molecule has 1 aromatic carbocycles. The molecule has 0 saturated heterocycles. The minimum atomic E-state index is 0. The number of guanidine groups is 1. The molecule has 0 bridgehead atoms. The molecule has 7 heteroatoms. The van der Waals surface area contributed by atoms with Crippen molar-refractivity contribution < 1.29 is 4.79 Å². The first-order chi connectivity index (χ1) is 12.4. The fourth-order valence-electron chi connectivity index (χ4n) is 2.75. The van der Waals surface area contributed by atoms with Crippen LogP contribution in [0.25, 0.3) is 0 Å². The predicted octanol–water partition coefficient (Wildman–Crippen LogP) is 2.54. The molecule has 2 rings (SSSR count). The van der Waals surface area contributed by atoms with Gasteiger partial charge in [-0.25, -0.2) is 4.99 Å². The van der Waals surface area contributed by atoms with Gasteiger partial charge < -0.3 is 15.5 Å². The van der Waals surface area contributed by atoms with E-state index in [9.17, 15) is 4.79 Å². The lowest BCUT2D eigenvalue weighted by Crippen LogP contribution is -2.45. The van der Waals surface area contributed by atoms with Crippen molar-refractivity contribution in [1.82, 2.24) is 20.4 Å². The van der Waals surface area contributed by atoms with Crippen molar-refractivity contribution in [2.45, 2.75) is 45.3 Å². The fourth-order valence-corrected chi connectivity index (χ4v) is 2.75. The Kier molecular flexibility index (Phi) is 10.1. The predicted molar refractivity (Wildman–Crippen MR) is 123 cm³/mol.